The van der Waals surface area contributed by atoms with Gasteiger partial charge in [0.2, 0.25) is 5.91 Å². The lowest BCUT2D eigenvalue weighted by atomic mass is 9.92. The maximum Gasteiger partial charge on any atom is 0.262 e. The first-order valence-corrected chi connectivity index (χ1v) is 14.5. The fourth-order valence-corrected chi connectivity index (χ4v) is 6.47. The maximum absolute atomic E-state index is 14.8. The van der Waals surface area contributed by atoms with Crippen molar-refractivity contribution < 1.29 is 23.5 Å². The summed E-state index contributed by atoms with van der Waals surface area (Å²) in [5, 5.41) is 16.2. The van der Waals surface area contributed by atoms with E-state index in [0.29, 0.717) is 36.1 Å². The minimum absolute atomic E-state index is 0.0241. The summed E-state index contributed by atoms with van der Waals surface area (Å²) in [6.45, 7) is 1.32. The van der Waals surface area contributed by atoms with Gasteiger partial charge in [0.05, 0.1) is 11.4 Å². The Morgan fingerprint density at radius 2 is 1.88 bits per heavy atom. The Bertz CT molecular complexity index is 1440. The topological polar surface area (TPSA) is 94.8 Å². The molecule has 2 amide bonds. The highest BCUT2D eigenvalue weighted by Crippen LogP contribution is 2.38. The van der Waals surface area contributed by atoms with E-state index in [1.165, 1.54) is 40.1 Å². The van der Waals surface area contributed by atoms with Gasteiger partial charge in [0.15, 0.2) is 0 Å². The fraction of sp³-hybridized carbons (Fsp3) is 0.333. The van der Waals surface area contributed by atoms with Gasteiger partial charge in [-0.3, -0.25) is 14.5 Å². The fourth-order valence-electron chi connectivity index (χ4n) is 4.87. The van der Waals surface area contributed by atoms with Crippen LogP contribution < -0.4 is 0 Å². The third kappa shape index (κ3) is 6.92. The molecule has 2 atom stereocenters. The van der Waals surface area contributed by atoms with Crippen molar-refractivity contribution in [3.8, 4) is 0 Å². The van der Waals surface area contributed by atoms with Gasteiger partial charge in [0.25, 0.3) is 5.91 Å². The van der Waals surface area contributed by atoms with Crippen molar-refractivity contribution >= 4 is 53.9 Å². The maximum atomic E-state index is 14.8. The van der Waals surface area contributed by atoms with Crippen molar-refractivity contribution in [3.05, 3.63) is 87.8 Å². The molecule has 2 saturated heterocycles. The van der Waals surface area contributed by atoms with E-state index in [4.69, 9.17) is 11.6 Å². The van der Waals surface area contributed by atoms with Crippen LogP contribution in [0.15, 0.2) is 60.0 Å². The van der Waals surface area contributed by atoms with Crippen LogP contribution in [0.25, 0.3) is 6.08 Å². The van der Waals surface area contributed by atoms with Gasteiger partial charge in [-0.1, -0.05) is 41.6 Å². The van der Waals surface area contributed by atoms with Gasteiger partial charge >= 0.3 is 0 Å². The largest absolute Gasteiger partial charge is 0.382 e. The third-order valence-electron chi connectivity index (χ3n) is 6.98. The van der Waals surface area contributed by atoms with E-state index in [9.17, 15) is 23.5 Å². The highest BCUT2D eigenvalue weighted by molar-refractivity contribution is 8.14. The lowest BCUT2D eigenvalue weighted by molar-refractivity contribution is -0.139. The van der Waals surface area contributed by atoms with E-state index >= 15 is 0 Å². The van der Waals surface area contributed by atoms with Gasteiger partial charge < -0.3 is 14.9 Å². The van der Waals surface area contributed by atoms with E-state index in [1.54, 1.807) is 23.1 Å². The monoisotopic (exact) mass is 620 g/mol. The SMILES string of the molecule is O=C(CN1C(=O)C(=Cc2ccc(Cl)cc2)SC1S)N1CCN(CC(O)(Cn2cncn2)c2ccc(F)cc2F)CC1. The number of halogens is 3. The molecule has 14 heteroatoms. The summed E-state index contributed by atoms with van der Waals surface area (Å²) in [7, 11) is 0. The van der Waals surface area contributed by atoms with Crippen LogP contribution in [-0.2, 0) is 21.7 Å². The van der Waals surface area contributed by atoms with Crippen LogP contribution in [0.1, 0.15) is 11.1 Å². The number of thioether (sulfide) groups is 1. The van der Waals surface area contributed by atoms with Crippen molar-refractivity contribution in [2.45, 2.75) is 16.9 Å². The van der Waals surface area contributed by atoms with Crippen molar-refractivity contribution in [1.82, 2.24) is 29.5 Å². The molecule has 41 heavy (non-hydrogen) atoms. The quantitative estimate of drug-likeness (QED) is 0.295. The zero-order valence-corrected chi connectivity index (χ0v) is 24.2. The van der Waals surface area contributed by atoms with Crippen LogP contribution in [0.5, 0.6) is 0 Å². The van der Waals surface area contributed by atoms with E-state index in [-0.39, 0.29) is 37.0 Å². The zero-order valence-electron chi connectivity index (χ0n) is 21.7. The molecule has 2 fully saturated rings. The highest BCUT2D eigenvalue weighted by atomic mass is 35.5. The number of aliphatic hydroxyl groups is 1. The van der Waals surface area contributed by atoms with Crippen LogP contribution in [-0.4, -0.2) is 90.4 Å². The standard InChI is InChI=1S/C27H27ClF2N6O3S2/c28-19-3-1-18(2-4-19)11-23-25(38)36(26(40)41-23)13-24(37)34-9-7-33(8-10-34)14-27(39,15-35-17-31-16-32-35)21-6-5-20(29)12-22(21)30/h1-6,11-12,16-17,26,39-40H,7-10,13-15H2. The zero-order chi connectivity index (χ0) is 29.1. The van der Waals surface area contributed by atoms with Gasteiger partial charge in [-0.2, -0.15) is 5.10 Å². The molecule has 2 aliphatic heterocycles. The smallest absolute Gasteiger partial charge is 0.262 e. The second kappa shape index (κ2) is 12.5. The number of β-amino-alcohol motifs (C(OH)–C–C–N with tert-alkyl or cyclic N) is 1. The van der Waals surface area contributed by atoms with Gasteiger partial charge in [-0.15, -0.1) is 12.6 Å². The summed E-state index contributed by atoms with van der Waals surface area (Å²) in [6.07, 6.45) is 4.47. The van der Waals surface area contributed by atoms with Crippen LogP contribution in [0, 0.1) is 11.6 Å². The molecule has 9 nitrogen and oxygen atoms in total. The number of amides is 2. The molecule has 0 spiro atoms. The summed E-state index contributed by atoms with van der Waals surface area (Å²) < 4.78 is 29.2. The molecule has 0 aliphatic carbocycles. The second-order valence-electron chi connectivity index (χ2n) is 9.84. The van der Waals surface area contributed by atoms with E-state index in [0.717, 1.165) is 17.7 Å². The number of hydrogen-bond acceptors (Lipinski definition) is 8. The molecular formula is C27H27ClF2N6O3S2. The number of hydrogen-bond donors (Lipinski definition) is 2. The molecule has 3 heterocycles. The number of benzene rings is 2. The number of carbonyl (C=O) groups is 2. The van der Waals surface area contributed by atoms with E-state index < -0.39 is 21.9 Å². The van der Waals surface area contributed by atoms with E-state index in [2.05, 4.69) is 22.7 Å². The van der Waals surface area contributed by atoms with Gasteiger partial charge in [-0.25, -0.2) is 18.4 Å². The Morgan fingerprint density at radius 3 is 2.54 bits per heavy atom. The Morgan fingerprint density at radius 1 is 1.15 bits per heavy atom. The van der Waals surface area contributed by atoms with Crippen molar-refractivity contribution in [1.29, 1.82) is 0 Å². The van der Waals surface area contributed by atoms with Crippen LogP contribution in [0.2, 0.25) is 5.02 Å². The van der Waals surface area contributed by atoms with Crippen LogP contribution in [0.3, 0.4) is 0 Å². The average Bonchev–Trinajstić information content (AvgIpc) is 3.53. The molecule has 0 saturated carbocycles. The lowest BCUT2D eigenvalue weighted by Gasteiger charge is -2.40. The minimum Gasteiger partial charge on any atom is -0.382 e. The third-order valence-corrected chi connectivity index (χ3v) is 8.84. The van der Waals surface area contributed by atoms with Crippen molar-refractivity contribution in [2.24, 2.45) is 0 Å². The van der Waals surface area contributed by atoms with Crippen LogP contribution in [0.4, 0.5) is 8.78 Å². The predicted octanol–water partition coefficient (Wildman–Crippen LogP) is 3.07. The highest BCUT2D eigenvalue weighted by Gasteiger charge is 2.39. The number of nitrogens with zero attached hydrogens (tertiary/aromatic N) is 6. The molecular weight excluding hydrogens is 594 g/mol. The number of piperazine rings is 1. The van der Waals surface area contributed by atoms with Gasteiger partial charge in [-0.05, 0) is 29.8 Å². The van der Waals surface area contributed by atoms with Crippen LogP contribution >= 0.6 is 36.0 Å². The first kappa shape index (κ1) is 29.5. The van der Waals surface area contributed by atoms with Crippen molar-refractivity contribution in [3.63, 3.8) is 0 Å². The predicted molar refractivity (Wildman–Crippen MR) is 155 cm³/mol. The molecule has 3 aromatic rings. The molecule has 0 bridgehead atoms. The number of rotatable bonds is 8. The van der Waals surface area contributed by atoms with Gasteiger partial charge in [0.1, 0.15) is 41.1 Å². The summed E-state index contributed by atoms with van der Waals surface area (Å²) in [5.41, 5.74) is -0.970. The number of carbonyl (C=O) groups excluding carboxylic acids is 2. The molecule has 0 radical (unpaired) electrons. The Kier molecular flexibility index (Phi) is 9.00. The molecule has 2 unspecified atom stereocenters. The molecule has 5 rings (SSSR count). The Labute approximate surface area is 250 Å². The van der Waals surface area contributed by atoms with Crippen molar-refractivity contribution in [2.75, 3.05) is 39.3 Å². The first-order chi connectivity index (χ1) is 19.6. The summed E-state index contributed by atoms with van der Waals surface area (Å²) in [4.78, 5) is 35.5. The molecule has 1 aromatic heterocycles. The molecule has 2 aromatic carbocycles. The normalized spacial score (nSPS) is 20.6. The lowest BCUT2D eigenvalue weighted by Crippen LogP contribution is -2.55. The minimum atomic E-state index is -1.73. The van der Waals surface area contributed by atoms with Gasteiger partial charge in [0, 0.05) is 49.4 Å². The number of aromatic nitrogens is 3. The molecule has 2 aliphatic rings. The summed E-state index contributed by atoms with van der Waals surface area (Å²) in [5.74, 6) is -2.09. The Balaban J connectivity index is 1.20. The molecule has 1 N–H and O–H groups in total. The summed E-state index contributed by atoms with van der Waals surface area (Å²) in [6, 6.07) is 10.2. The summed E-state index contributed by atoms with van der Waals surface area (Å²) >= 11 is 11.7. The van der Waals surface area contributed by atoms with E-state index in [1.807, 2.05) is 17.0 Å². The molecule has 216 valence electrons. The number of thiol groups is 1. The average molecular weight is 621 g/mol. The first-order valence-electron chi connectivity index (χ1n) is 12.7. The Hall–Kier alpha value is -2.97. The second-order valence-corrected chi connectivity index (χ2v) is 12.2.